The molecule has 1 unspecified atom stereocenters. The monoisotopic (exact) mass is 364 g/mol. The lowest BCUT2D eigenvalue weighted by Gasteiger charge is -2.21. The maximum absolute atomic E-state index is 10.6. The predicted octanol–water partition coefficient (Wildman–Crippen LogP) is 2.90. The van der Waals surface area contributed by atoms with Crippen molar-refractivity contribution in [2.45, 2.75) is 89.1 Å². The highest BCUT2D eigenvalue weighted by atomic mass is 16.5. The SMILES string of the molecule is CC#CCCC(C)(O)C=C[C@@H]1[C@H]2C[C@@H](CCCCC(=O)O)O[C@H]2C[C@H]1O. The van der Waals surface area contributed by atoms with Crippen LogP contribution < -0.4 is 0 Å². The second-order valence-electron chi connectivity index (χ2n) is 7.86. The van der Waals surface area contributed by atoms with Gasteiger partial charge in [0.2, 0.25) is 0 Å². The normalized spacial score (nSPS) is 32.8. The van der Waals surface area contributed by atoms with E-state index in [4.69, 9.17) is 9.84 Å². The van der Waals surface area contributed by atoms with E-state index in [0.29, 0.717) is 25.7 Å². The fraction of sp³-hybridized carbons (Fsp3) is 0.762. The Morgan fingerprint density at radius 2 is 2.12 bits per heavy atom. The number of carboxylic acid groups (broad SMARTS) is 1. The lowest BCUT2D eigenvalue weighted by molar-refractivity contribution is -0.137. The molecule has 0 aromatic carbocycles. The Morgan fingerprint density at radius 3 is 2.81 bits per heavy atom. The van der Waals surface area contributed by atoms with E-state index in [2.05, 4.69) is 11.8 Å². The van der Waals surface area contributed by atoms with E-state index in [1.54, 1.807) is 19.9 Å². The summed E-state index contributed by atoms with van der Waals surface area (Å²) in [6.45, 7) is 3.56. The first kappa shape index (κ1) is 21.0. The topological polar surface area (TPSA) is 87.0 Å². The van der Waals surface area contributed by atoms with Gasteiger partial charge in [0.1, 0.15) is 0 Å². The summed E-state index contributed by atoms with van der Waals surface area (Å²) in [5.41, 5.74) is -0.919. The van der Waals surface area contributed by atoms with Crippen molar-refractivity contribution in [1.29, 1.82) is 0 Å². The first-order valence-electron chi connectivity index (χ1n) is 9.69. The standard InChI is InChI=1S/C21H32O5/c1-3-4-7-11-21(2,25)12-10-16-17-13-15(8-5-6-9-20(23)24)26-19(17)14-18(16)22/h10,12,15-19,22,25H,5-9,11,13-14H2,1-2H3,(H,23,24)/t15-,16-,17-,18-,19+,21?/m1/s1. The summed E-state index contributed by atoms with van der Waals surface area (Å²) in [6.07, 6.45) is 8.93. The Morgan fingerprint density at radius 1 is 1.35 bits per heavy atom. The van der Waals surface area contributed by atoms with Crippen LogP contribution in [0, 0.1) is 23.7 Å². The highest BCUT2D eigenvalue weighted by Crippen LogP contribution is 2.45. The Kier molecular flexibility index (Phi) is 7.69. The molecule has 0 aromatic rings. The average molecular weight is 364 g/mol. The number of hydrogen-bond acceptors (Lipinski definition) is 4. The number of ether oxygens (including phenoxy) is 1. The maximum Gasteiger partial charge on any atom is 0.303 e. The number of aliphatic hydroxyl groups is 2. The fourth-order valence-electron chi connectivity index (χ4n) is 4.12. The van der Waals surface area contributed by atoms with Gasteiger partial charge in [0.15, 0.2) is 0 Å². The van der Waals surface area contributed by atoms with Crippen molar-refractivity contribution in [3.63, 3.8) is 0 Å². The summed E-state index contributed by atoms with van der Waals surface area (Å²) in [5.74, 6) is 5.33. The molecule has 0 aromatic heterocycles. The number of rotatable bonds is 9. The zero-order valence-corrected chi connectivity index (χ0v) is 15.9. The molecule has 2 aliphatic rings. The second-order valence-corrected chi connectivity index (χ2v) is 7.86. The van der Waals surface area contributed by atoms with Crippen LogP contribution in [0.25, 0.3) is 0 Å². The average Bonchev–Trinajstić information content (AvgIpc) is 3.06. The molecule has 5 heteroatoms. The number of unbranched alkanes of at least 4 members (excludes halogenated alkanes) is 1. The Hall–Kier alpha value is -1.35. The first-order valence-corrected chi connectivity index (χ1v) is 9.69. The van der Waals surface area contributed by atoms with Crippen molar-refractivity contribution in [3.05, 3.63) is 12.2 Å². The minimum atomic E-state index is -0.919. The molecule has 1 saturated carbocycles. The van der Waals surface area contributed by atoms with Gasteiger partial charge in [-0.2, -0.15) is 0 Å². The molecule has 0 spiro atoms. The molecular formula is C21H32O5. The highest BCUT2D eigenvalue weighted by molar-refractivity contribution is 5.66. The van der Waals surface area contributed by atoms with Crippen molar-refractivity contribution in [3.8, 4) is 11.8 Å². The summed E-state index contributed by atoms with van der Waals surface area (Å²) in [7, 11) is 0. The molecule has 3 N–H and O–H groups in total. The van der Waals surface area contributed by atoms with Gasteiger partial charge in [-0.05, 0) is 45.4 Å². The van der Waals surface area contributed by atoms with Crippen LogP contribution in [0.5, 0.6) is 0 Å². The maximum atomic E-state index is 10.6. The molecule has 0 amide bonds. The van der Waals surface area contributed by atoms with E-state index >= 15 is 0 Å². The van der Waals surface area contributed by atoms with Crippen LogP contribution in [0.15, 0.2) is 12.2 Å². The summed E-state index contributed by atoms with van der Waals surface area (Å²) >= 11 is 0. The predicted molar refractivity (Wildman–Crippen MR) is 99.4 cm³/mol. The largest absolute Gasteiger partial charge is 0.481 e. The van der Waals surface area contributed by atoms with Gasteiger partial charge in [-0.25, -0.2) is 0 Å². The van der Waals surface area contributed by atoms with Crippen molar-refractivity contribution < 1.29 is 24.9 Å². The summed E-state index contributed by atoms with van der Waals surface area (Å²) < 4.78 is 6.08. The molecule has 2 rings (SSSR count). The number of aliphatic carboxylic acids is 1. The summed E-state index contributed by atoms with van der Waals surface area (Å²) in [5, 5.41) is 29.5. The molecule has 0 radical (unpaired) electrons. The van der Waals surface area contributed by atoms with E-state index in [1.807, 2.05) is 6.08 Å². The number of fused-ring (bicyclic) bond motifs is 1. The van der Waals surface area contributed by atoms with E-state index in [9.17, 15) is 15.0 Å². The number of hydrogen-bond donors (Lipinski definition) is 3. The van der Waals surface area contributed by atoms with Crippen LogP contribution in [0.4, 0.5) is 0 Å². The van der Waals surface area contributed by atoms with Gasteiger partial charge in [-0.1, -0.05) is 18.6 Å². The smallest absolute Gasteiger partial charge is 0.303 e. The first-order chi connectivity index (χ1) is 12.3. The highest BCUT2D eigenvalue weighted by Gasteiger charge is 2.47. The van der Waals surface area contributed by atoms with Crippen LogP contribution in [0.2, 0.25) is 0 Å². The second kappa shape index (κ2) is 9.55. The van der Waals surface area contributed by atoms with Crippen LogP contribution in [0.3, 0.4) is 0 Å². The van der Waals surface area contributed by atoms with E-state index in [1.165, 1.54) is 0 Å². The third kappa shape index (κ3) is 6.12. The summed E-state index contributed by atoms with van der Waals surface area (Å²) in [4.78, 5) is 10.6. The molecule has 1 saturated heterocycles. The van der Waals surface area contributed by atoms with Crippen molar-refractivity contribution >= 4 is 5.97 Å². The van der Waals surface area contributed by atoms with Crippen LogP contribution in [0.1, 0.15) is 65.2 Å². The number of carbonyl (C=O) groups is 1. The van der Waals surface area contributed by atoms with Crippen LogP contribution >= 0.6 is 0 Å². The molecule has 1 aliphatic carbocycles. The molecule has 0 bridgehead atoms. The van der Waals surface area contributed by atoms with Gasteiger partial charge < -0.3 is 20.1 Å². The Labute approximate surface area is 156 Å². The lowest BCUT2D eigenvalue weighted by atomic mass is 9.87. The Bertz CT molecular complexity index is 556. The quantitative estimate of drug-likeness (QED) is 0.333. The van der Waals surface area contributed by atoms with Gasteiger partial charge in [0.05, 0.1) is 23.9 Å². The molecule has 5 nitrogen and oxygen atoms in total. The molecule has 1 heterocycles. The fourth-order valence-corrected chi connectivity index (χ4v) is 4.12. The molecule has 6 atom stereocenters. The summed E-state index contributed by atoms with van der Waals surface area (Å²) in [6, 6.07) is 0. The third-order valence-electron chi connectivity index (χ3n) is 5.57. The van der Waals surface area contributed by atoms with Gasteiger partial charge in [0, 0.05) is 25.2 Å². The zero-order chi connectivity index (χ0) is 19.2. The molecule has 146 valence electrons. The number of carboxylic acids is 1. The zero-order valence-electron chi connectivity index (χ0n) is 15.9. The van der Waals surface area contributed by atoms with Crippen LogP contribution in [-0.4, -0.2) is 45.2 Å². The Balaban J connectivity index is 1.85. The lowest BCUT2D eigenvalue weighted by Crippen LogP contribution is -2.23. The van der Waals surface area contributed by atoms with Crippen molar-refractivity contribution in [1.82, 2.24) is 0 Å². The molecule has 26 heavy (non-hydrogen) atoms. The van der Waals surface area contributed by atoms with E-state index < -0.39 is 17.7 Å². The van der Waals surface area contributed by atoms with Crippen molar-refractivity contribution in [2.24, 2.45) is 11.8 Å². The third-order valence-corrected chi connectivity index (χ3v) is 5.57. The minimum absolute atomic E-state index is 0.00718. The molecule has 1 aliphatic heterocycles. The minimum Gasteiger partial charge on any atom is -0.481 e. The van der Waals surface area contributed by atoms with E-state index in [-0.39, 0.29) is 30.5 Å². The van der Waals surface area contributed by atoms with Crippen LogP contribution in [-0.2, 0) is 9.53 Å². The van der Waals surface area contributed by atoms with E-state index in [0.717, 1.165) is 19.3 Å². The van der Waals surface area contributed by atoms with Gasteiger partial charge >= 0.3 is 5.97 Å². The van der Waals surface area contributed by atoms with Crippen molar-refractivity contribution in [2.75, 3.05) is 0 Å². The van der Waals surface area contributed by atoms with Gasteiger partial charge in [-0.3, -0.25) is 4.79 Å². The number of aliphatic hydroxyl groups excluding tert-OH is 1. The molecular weight excluding hydrogens is 332 g/mol. The van der Waals surface area contributed by atoms with Gasteiger partial charge in [0.25, 0.3) is 0 Å². The van der Waals surface area contributed by atoms with Gasteiger partial charge in [-0.15, -0.1) is 11.8 Å². The molecule has 2 fully saturated rings.